The lowest BCUT2D eigenvalue weighted by atomic mass is 10.4. The SMILES string of the molecule is CN=C(NCCCN(C)CC(F)(F)F)NCc1ccnn1C.I. The second kappa shape index (κ2) is 10.7. The number of rotatable bonds is 7. The number of aliphatic imine (C=N–C) groups is 1. The summed E-state index contributed by atoms with van der Waals surface area (Å²) in [6, 6.07) is 1.90. The van der Waals surface area contributed by atoms with Crippen molar-refractivity contribution in [3.05, 3.63) is 18.0 Å². The Hall–Kier alpha value is -1.04. The molecule has 0 aliphatic heterocycles. The number of nitrogens with zero attached hydrogens (tertiary/aromatic N) is 4. The molecule has 0 aliphatic rings. The molecular weight excluding hydrogens is 424 g/mol. The Labute approximate surface area is 151 Å². The minimum absolute atomic E-state index is 0. The minimum Gasteiger partial charge on any atom is -0.356 e. The van der Waals surface area contributed by atoms with Crippen molar-refractivity contribution in [1.82, 2.24) is 25.3 Å². The largest absolute Gasteiger partial charge is 0.401 e. The van der Waals surface area contributed by atoms with Crippen LogP contribution in [0.1, 0.15) is 12.1 Å². The predicted octanol–water partition coefficient (Wildman–Crippen LogP) is 1.59. The van der Waals surface area contributed by atoms with Gasteiger partial charge in [0.1, 0.15) is 0 Å². The average Bonchev–Trinajstić information content (AvgIpc) is 2.81. The standard InChI is InChI=1S/C13H23F3N6.HI/c1-17-12(19-9-11-5-7-20-22(11)3)18-6-4-8-21(2)10-13(14,15)16;/h5,7H,4,6,8-10H2,1-3H3,(H2,17,18,19);1H. The highest BCUT2D eigenvalue weighted by molar-refractivity contribution is 14.0. The maximum Gasteiger partial charge on any atom is 0.401 e. The average molecular weight is 448 g/mol. The molecule has 6 nitrogen and oxygen atoms in total. The summed E-state index contributed by atoms with van der Waals surface area (Å²) < 4.78 is 38.3. The highest BCUT2D eigenvalue weighted by Crippen LogP contribution is 2.15. The highest BCUT2D eigenvalue weighted by atomic mass is 127. The minimum atomic E-state index is -4.15. The third-order valence-corrected chi connectivity index (χ3v) is 3.04. The summed E-state index contributed by atoms with van der Waals surface area (Å²) in [6.45, 7) is 0.600. The number of alkyl halides is 3. The van der Waals surface area contributed by atoms with Crippen LogP contribution in [0.15, 0.2) is 17.3 Å². The normalized spacial score (nSPS) is 12.2. The lowest BCUT2D eigenvalue weighted by molar-refractivity contribution is -0.143. The molecule has 0 saturated carbocycles. The molecule has 1 aromatic rings. The fraction of sp³-hybridized carbons (Fsp3) is 0.692. The summed E-state index contributed by atoms with van der Waals surface area (Å²) in [5.41, 5.74) is 1.01. The first-order chi connectivity index (χ1) is 10.3. The van der Waals surface area contributed by atoms with Crippen molar-refractivity contribution in [2.45, 2.75) is 19.1 Å². The second-order valence-corrected chi connectivity index (χ2v) is 5.01. The zero-order valence-corrected chi connectivity index (χ0v) is 15.9. The van der Waals surface area contributed by atoms with Crippen LogP contribution in [-0.4, -0.2) is 60.5 Å². The quantitative estimate of drug-likeness (QED) is 0.288. The van der Waals surface area contributed by atoms with E-state index in [0.717, 1.165) is 5.69 Å². The molecule has 1 rings (SSSR count). The van der Waals surface area contributed by atoms with Crippen molar-refractivity contribution in [2.75, 3.05) is 33.7 Å². The van der Waals surface area contributed by atoms with Crippen LogP contribution >= 0.6 is 24.0 Å². The zero-order chi connectivity index (χ0) is 16.6. The number of aromatic nitrogens is 2. The van der Waals surface area contributed by atoms with E-state index < -0.39 is 12.7 Å². The topological polar surface area (TPSA) is 57.5 Å². The van der Waals surface area contributed by atoms with Gasteiger partial charge in [0, 0.05) is 26.8 Å². The maximum absolute atomic E-state index is 12.2. The van der Waals surface area contributed by atoms with E-state index in [4.69, 9.17) is 0 Å². The fourth-order valence-electron chi connectivity index (χ4n) is 1.91. The first kappa shape index (κ1) is 22.0. The van der Waals surface area contributed by atoms with Gasteiger partial charge in [0.15, 0.2) is 5.96 Å². The molecule has 2 N–H and O–H groups in total. The molecule has 1 heterocycles. The molecule has 0 amide bonds. The van der Waals surface area contributed by atoms with Crippen LogP contribution in [0.25, 0.3) is 0 Å². The van der Waals surface area contributed by atoms with Crippen LogP contribution in [0.5, 0.6) is 0 Å². The number of hydrogen-bond donors (Lipinski definition) is 2. The number of halogens is 4. The zero-order valence-electron chi connectivity index (χ0n) is 13.5. The summed E-state index contributed by atoms with van der Waals surface area (Å²) in [5, 5.41) is 10.3. The molecule has 23 heavy (non-hydrogen) atoms. The van der Waals surface area contributed by atoms with Gasteiger partial charge in [-0.25, -0.2) is 0 Å². The third-order valence-electron chi connectivity index (χ3n) is 3.04. The van der Waals surface area contributed by atoms with Crippen molar-refractivity contribution in [3.63, 3.8) is 0 Å². The van der Waals surface area contributed by atoms with E-state index in [1.807, 2.05) is 13.1 Å². The van der Waals surface area contributed by atoms with E-state index in [9.17, 15) is 13.2 Å². The van der Waals surface area contributed by atoms with Gasteiger partial charge in [-0.15, -0.1) is 24.0 Å². The summed E-state index contributed by atoms with van der Waals surface area (Å²) >= 11 is 0. The van der Waals surface area contributed by atoms with E-state index in [2.05, 4.69) is 20.7 Å². The first-order valence-corrected chi connectivity index (χ1v) is 6.98. The van der Waals surface area contributed by atoms with Crippen LogP contribution in [0.3, 0.4) is 0 Å². The third kappa shape index (κ3) is 9.64. The summed E-state index contributed by atoms with van der Waals surface area (Å²) in [7, 11) is 4.96. The Morgan fingerprint density at radius 1 is 1.39 bits per heavy atom. The lowest BCUT2D eigenvalue weighted by Crippen LogP contribution is -2.39. The van der Waals surface area contributed by atoms with Crippen LogP contribution in [0.4, 0.5) is 13.2 Å². The molecule has 1 aromatic heterocycles. The Balaban J connectivity index is 0.00000484. The summed E-state index contributed by atoms with van der Waals surface area (Å²) in [6.07, 6.45) is -1.84. The Bertz CT molecular complexity index is 475. The molecule has 0 spiro atoms. The smallest absolute Gasteiger partial charge is 0.356 e. The maximum atomic E-state index is 12.2. The van der Waals surface area contributed by atoms with Crippen molar-refractivity contribution >= 4 is 29.9 Å². The molecule has 0 unspecified atom stereocenters. The second-order valence-electron chi connectivity index (χ2n) is 5.01. The molecule has 0 aliphatic carbocycles. The van der Waals surface area contributed by atoms with Gasteiger partial charge in [-0.1, -0.05) is 0 Å². The van der Waals surface area contributed by atoms with Gasteiger partial charge in [0.25, 0.3) is 0 Å². The van der Waals surface area contributed by atoms with Gasteiger partial charge in [-0.2, -0.15) is 18.3 Å². The first-order valence-electron chi connectivity index (χ1n) is 6.98. The van der Waals surface area contributed by atoms with Gasteiger partial charge >= 0.3 is 6.18 Å². The Kier molecular flexibility index (Phi) is 10.2. The van der Waals surface area contributed by atoms with E-state index in [-0.39, 0.29) is 24.0 Å². The molecule has 0 aromatic carbocycles. The molecule has 0 fully saturated rings. The van der Waals surface area contributed by atoms with Gasteiger partial charge in [0.05, 0.1) is 18.8 Å². The molecule has 0 saturated heterocycles. The van der Waals surface area contributed by atoms with Crippen LogP contribution in [0.2, 0.25) is 0 Å². The summed E-state index contributed by atoms with van der Waals surface area (Å²) in [4.78, 5) is 5.32. The fourth-order valence-corrected chi connectivity index (χ4v) is 1.91. The van der Waals surface area contributed by atoms with E-state index in [0.29, 0.717) is 32.0 Å². The van der Waals surface area contributed by atoms with Crippen molar-refractivity contribution in [3.8, 4) is 0 Å². The Morgan fingerprint density at radius 2 is 2.09 bits per heavy atom. The van der Waals surface area contributed by atoms with E-state index in [1.54, 1.807) is 17.9 Å². The van der Waals surface area contributed by atoms with E-state index >= 15 is 0 Å². The molecule has 10 heteroatoms. The van der Waals surface area contributed by atoms with Crippen LogP contribution in [0, 0.1) is 0 Å². The van der Waals surface area contributed by atoms with Crippen molar-refractivity contribution < 1.29 is 13.2 Å². The molecule has 0 radical (unpaired) electrons. The monoisotopic (exact) mass is 448 g/mol. The van der Waals surface area contributed by atoms with Gasteiger partial charge in [-0.3, -0.25) is 14.6 Å². The number of aryl methyl sites for hydroxylation is 1. The van der Waals surface area contributed by atoms with Crippen LogP contribution < -0.4 is 10.6 Å². The van der Waals surface area contributed by atoms with Crippen molar-refractivity contribution in [1.29, 1.82) is 0 Å². The van der Waals surface area contributed by atoms with Crippen molar-refractivity contribution in [2.24, 2.45) is 12.0 Å². The lowest BCUT2D eigenvalue weighted by Gasteiger charge is -2.19. The number of nitrogens with one attached hydrogen (secondary N) is 2. The van der Waals surface area contributed by atoms with Gasteiger partial charge in [-0.05, 0) is 26.1 Å². The van der Waals surface area contributed by atoms with Gasteiger partial charge in [0.2, 0.25) is 0 Å². The predicted molar refractivity (Wildman–Crippen MR) is 95.0 cm³/mol. The number of hydrogen-bond acceptors (Lipinski definition) is 3. The van der Waals surface area contributed by atoms with Gasteiger partial charge < -0.3 is 10.6 Å². The molecule has 0 bridgehead atoms. The van der Waals surface area contributed by atoms with E-state index in [1.165, 1.54) is 11.9 Å². The summed E-state index contributed by atoms with van der Waals surface area (Å²) in [5.74, 6) is 0.611. The highest BCUT2D eigenvalue weighted by Gasteiger charge is 2.28. The van der Waals surface area contributed by atoms with Crippen LogP contribution in [-0.2, 0) is 13.6 Å². The molecular formula is C13H24F3IN6. The number of guanidine groups is 1. The molecule has 134 valence electrons. The molecule has 0 atom stereocenters. The Morgan fingerprint density at radius 3 is 2.61 bits per heavy atom.